The minimum Gasteiger partial charge on any atom is -0.342 e. The van der Waals surface area contributed by atoms with Crippen LogP contribution in [-0.2, 0) is 4.79 Å². The fourth-order valence-electron chi connectivity index (χ4n) is 3.14. The van der Waals surface area contributed by atoms with E-state index >= 15 is 0 Å². The third-order valence-corrected chi connectivity index (χ3v) is 4.56. The molecule has 2 rings (SSSR count). The van der Waals surface area contributed by atoms with Gasteiger partial charge in [-0.15, -0.1) is 0 Å². The van der Waals surface area contributed by atoms with E-state index in [1.807, 2.05) is 11.9 Å². The van der Waals surface area contributed by atoms with Crippen LogP contribution in [-0.4, -0.2) is 61.5 Å². The highest BCUT2D eigenvalue weighted by molar-refractivity contribution is 5.78. The zero-order valence-electron chi connectivity index (χ0n) is 11.8. The van der Waals surface area contributed by atoms with E-state index in [4.69, 9.17) is 0 Å². The number of nitrogens with zero attached hydrogens (tertiary/aromatic N) is 2. The lowest BCUT2D eigenvalue weighted by Gasteiger charge is -2.33. The molecule has 0 aromatic heterocycles. The lowest BCUT2D eigenvalue weighted by Crippen LogP contribution is -2.46. The zero-order chi connectivity index (χ0) is 13.0. The molecule has 1 aliphatic heterocycles. The monoisotopic (exact) mass is 253 g/mol. The van der Waals surface area contributed by atoms with Crippen LogP contribution in [0, 0.1) is 0 Å². The maximum atomic E-state index is 12.3. The number of carbonyl (C=O) groups is 1. The molecule has 1 heterocycles. The van der Waals surface area contributed by atoms with Crippen molar-refractivity contribution in [1.29, 1.82) is 0 Å². The van der Waals surface area contributed by atoms with E-state index in [-0.39, 0.29) is 5.91 Å². The van der Waals surface area contributed by atoms with E-state index in [9.17, 15) is 4.79 Å². The first kappa shape index (κ1) is 13.8. The molecule has 0 bridgehead atoms. The van der Waals surface area contributed by atoms with Crippen molar-refractivity contribution < 1.29 is 4.79 Å². The quantitative estimate of drug-likeness (QED) is 0.814. The van der Waals surface area contributed by atoms with Crippen molar-refractivity contribution in [2.75, 3.05) is 33.7 Å². The number of hydrogen-bond donors (Lipinski definition) is 1. The highest BCUT2D eigenvalue weighted by atomic mass is 16.2. The number of amides is 1. The van der Waals surface area contributed by atoms with Crippen molar-refractivity contribution in [3.8, 4) is 0 Å². The largest absolute Gasteiger partial charge is 0.342 e. The Bertz CT molecular complexity index is 270. The Hall–Kier alpha value is -0.610. The first-order valence-corrected chi connectivity index (χ1v) is 7.35. The van der Waals surface area contributed by atoms with Gasteiger partial charge < -0.3 is 10.2 Å². The predicted octanol–water partition coefficient (Wildman–Crippen LogP) is 1.07. The number of likely N-dealkylation sites (N-methyl/N-ethyl adjacent to an activating group) is 2. The Labute approximate surface area is 111 Å². The van der Waals surface area contributed by atoms with E-state index in [1.54, 1.807) is 0 Å². The molecule has 4 nitrogen and oxygen atoms in total. The normalized spacial score (nSPS) is 25.6. The van der Waals surface area contributed by atoms with Crippen LogP contribution >= 0.6 is 0 Å². The zero-order valence-corrected chi connectivity index (χ0v) is 11.8. The summed E-state index contributed by atoms with van der Waals surface area (Å²) in [7, 11) is 4.06. The van der Waals surface area contributed by atoms with Gasteiger partial charge in [0.25, 0.3) is 0 Å². The SMILES string of the molecule is CN(CC(=O)N(C)C1CCCCC1)C1CCNC1. The molecule has 0 spiro atoms. The van der Waals surface area contributed by atoms with Crippen molar-refractivity contribution in [2.45, 2.75) is 50.6 Å². The lowest BCUT2D eigenvalue weighted by molar-refractivity contribution is -0.133. The topological polar surface area (TPSA) is 35.6 Å². The Morgan fingerprint density at radius 3 is 2.44 bits per heavy atom. The molecule has 1 unspecified atom stereocenters. The van der Waals surface area contributed by atoms with Crippen LogP contribution in [0.2, 0.25) is 0 Å². The fourth-order valence-corrected chi connectivity index (χ4v) is 3.14. The molecule has 1 saturated carbocycles. The van der Waals surface area contributed by atoms with Crippen molar-refractivity contribution in [3.05, 3.63) is 0 Å². The minimum absolute atomic E-state index is 0.288. The first-order chi connectivity index (χ1) is 8.68. The number of rotatable bonds is 4. The molecule has 1 amide bonds. The molecule has 0 aromatic carbocycles. The summed E-state index contributed by atoms with van der Waals surface area (Å²) in [4.78, 5) is 16.5. The highest BCUT2D eigenvalue weighted by Crippen LogP contribution is 2.21. The van der Waals surface area contributed by atoms with E-state index in [1.165, 1.54) is 32.1 Å². The highest BCUT2D eigenvalue weighted by Gasteiger charge is 2.25. The average Bonchev–Trinajstić information content (AvgIpc) is 2.92. The Balaban J connectivity index is 1.78. The summed E-state index contributed by atoms with van der Waals surface area (Å²) < 4.78 is 0. The van der Waals surface area contributed by atoms with Gasteiger partial charge in [-0.3, -0.25) is 9.69 Å². The summed E-state index contributed by atoms with van der Waals surface area (Å²) in [6.45, 7) is 2.68. The molecule has 1 atom stereocenters. The van der Waals surface area contributed by atoms with Crippen LogP contribution in [0.4, 0.5) is 0 Å². The van der Waals surface area contributed by atoms with Gasteiger partial charge in [0.2, 0.25) is 5.91 Å². The van der Waals surface area contributed by atoms with Gasteiger partial charge >= 0.3 is 0 Å². The van der Waals surface area contributed by atoms with E-state index in [2.05, 4.69) is 17.3 Å². The van der Waals surface area contributed by atoms with Crippen LogP contribution in [0.5, 0.6) is 0 Å². The van der Waals surface area contributed by atoms with Gasteiger partial charge in [-0.2, -0.15) is 0 Å². The number of nitrogens with one attached hydrogen (secondary N) is 1. The first-order valence-electron chi connectivity index (χ1n) is 7.35. The Morgan fingerprint density at radius 1 is 1.11 bits per heavy atom. The van der Waals surface area contributed by atoms with Gasteiger partial charge in [0, 0.05) is 25.7 Å². The average molecular weight is 253 g/mol. The molecular formula is C14H27N3O. The van der Waals surface area contributed by atoms with Crippen LogP contribution < -0.4 is 5.32 Å². The summed E-state index contributed by atoms with van der Waals surface area (Å²) in [5.74, 6) is 0.288. The van der Waals surface area contributed by atoms with Gasteiger partial charge in [-0.25, -0.2) is 0 Å². The van der Waals surface area contributed by atoms with Gasteiger partial charge in [-0.05, 0) is 32.9 Å². The van der Waals surface area contributed by atoms with Gasteiger partial charge in [-0.1, -0.05) is 19.3 Å². The number of hydrogen-bond acceptors (Lipinski definition) is 3. The van der Waals surface area contributed by atoms with Crippen molar-refractivity contribution in [1.82, 2.24) is 15.1 Å². The third kappa shape index (κ3) is 3.45. The molecule has 0 radical (unpaired) electrons. The second-order valence-electron chi connectivity index (χ2n) is 5.86. The molecule has 104 valence electrons. The Morgan fingerprint density at radius 2 is 1.83 bits per heavy atom. The van der Waals surface area contributed by atoms with Crippen molar-refractivity contribution in [3.63, 3.8) is 0 Å². The van der Waals surface area contributed by atoms with Crippen LogP contribution in [0.25, 0.3) is 0 Å². The molecule has 1 aliphatic carbocycles. The minimum atomic E-state index is 0.288. The molecule has 2 fully saturated rings. The molecule has 1 saturated heterocycles. The van der Waals surface area contributed by atoms with Gasteiger partial charge in [0.15, 0.2) is 0 Å². The summed E-state index contributed by atoms with van der Waals surface area (Å²) >= 11 is 0. The lowest BCUT2D eigenvalue weighted by atomic mass is 9.94. The summed E-state index contributed by atoms with van der Waals surface area (Å²) in [6.07, 6.45) is 7.45. The molecular weight excluding hydrogens is 226 g/mol. The summed E-state index contributed by atoms with van der Waals surface area (Å²) in [6, 6.07) is 1.02. The second-order valence-corrected chi connectivity index (χ2v) is 5.86. The van der Waals surface area contributed by atoms with E-state index < -0.39 is 0 Å². The van der Waals surface area contributed by atoms with E-state index in [0.29, 0.717) is 18.6 Å². The van der Waals surface area contributed by atoms with Crippen LogP contribution in [0.1, 0.15) is 38.5 Å². The van der Waals surface area contributed by atoms with E-state index in [0.717, 1.165) is 19.5 Å². The third-order valence-electron chi connectivity index (χ3n) is 4.56. The van der Waals surface area contributed by atoms with Crippen LogP contribution in [0.15, 0.2) is 0 Å². The molecule has 0 aromatic rings. The van der Waals surface area contributed by atoms with Crippen molar-refractivity contribution >= 4 is 5.91 Å². The maximum Gasteiger partial charge on any atom is 0.236 e. The molecule has 18 heavy (non-hydrogen) atoms. The van der Waals surface area contributed by atoms with Gasteiger partial charge in [0.1, 0.15) is 0 Å². The molecule has 2 aliphatic rings. The van der Waals surface area contributed by atoms with Crippen molar-refractivity contribution in [2.24, 2.45) is 0 Å². The summed E-state index contributed by atoms with van der Waals surface area (Å²) in [5, 5.41) is 3.35. The fraction of sp³-hybridized carbons (Fsp3) is 0.929. The molecule has 4 heteroatoms. The predicted molar refractivity (Wildman–Crippen MR) is 73.5 cm³/mol. The number of carbonyl (C=O) groups excluding carboxylic acids is 1. The van der Waals surface area contributed by atoms with Gasteiger partial charge in [0.05, 0.1) is 6.54 Å². The summed E-state index contributed by atoms with van der Waals surface area (Å²) in [5.41, 5.74) is 0. The maximum absolute atomic E-state index is 12.3. The standard InChI is InChI=1S/C14H27N3O/c1-16(13-8-9-15-10-13)11-14(18)17(2)12-6-4-3-5-7-12/h12-13,15H,3-11H2,1-2H3. The Kier molecular flexibility index (Phi) is 5.01. The smallest absolute Gasteiger partial charge is 0.236 e. The molecule has 1 N–H and O–H groups in total. The second kappa shape index (κ2) is 6.53. The van der Waals surface area contributed by atoms with Crippen LogP contribution in [0.3, 0.4) is 0 Å².